The molecule has 3 unspecified atom stereocenters. The average molecular weight is 355 g/mol. The molecule has 0 amide bonds. The van der Waals surface area contributed by atoms with Crippen LogP contribution in [0.15, 0.2) is 71.8 Å². The van der Waals surface area contributed by atoms with Crippen molar-refractivity contribution in [1.29, 1.82) is 0 Å². The summed E-state index contributed by atoms with van der Waals surface area (Å²) in [6, 6.07) is 16.9. The maximum atomic E-state index is 12.9. The first-order valence-corrected chi connectivity index (χ1v) is 9.88. The summed E-state index contributed by atoms with van der Waals surface area (Å²) in [7, 11) is -3.56. The van der Waals surface area contributed by atoms with Crippen molar-refractivity contribution >= 4 is 10.0 Å². The van der Waals surface area contributed by atoms with Crippen LogP contribution in [0.5, 0.6) is 0 Å². The number of nitrogens with zero attached hydrogens (tertiary/aromatic N) is 1. The monoisotopic (exact) mass is 355 g/mol. The fraction of sp³-hybridized carbons (Fsp3) is 0.300. The van der Waals surface area contributed by atoms with Gasteiger partial charge in [-0.15, -0.1) is 0 Å². The second kappa shape index (κ2) is 5.71. The standard InChI is InChI=1S/C20H21NO3S/c1-15-7-9-17(10-8-15)25(23,24)21-12-11-20(16-5-3-2-4-6-16)18(13-21)19(20)14-22/h2-12,18-19,22H,13-14H2,1H3. The second-order valence-electron chi connectivity index (χ2n) is 6.90. The summed E-state index contributed by atoms with van der Waals surface area (Å²) in [5, 5.41) is 9.80. The minimum absolute atomic E-state index is 0.0579. The maximum absolute atomic E-state index is 12.9. The summed E-state index contributed by atoms with van der Waals surface area (Å²) < 4.78 is 27.2. The van der Waals surface area contributed by atoms with E-state index in [2.05, 4.69) is 12.1 Å². The van der Waals surface area contributed by atoms with Gasteiger partial charge in [-0.25, -0.2) is 8.42 Å². The number of rotatable bonds is 4. The van der Waals surface area contributed by atoms with Gasteiger partial charge in [0.1, 0.15) is 0 Å². The molecule has 3 atom stereocenters. The van der Waals surface area contributed by atoms with Crippen molar-refractivity contribution in [2.75, 3.05) is 13.2 Å². The van der Waals surface area contributed by atoms with Crippen LogP contribution < -0.4 is 0 Å². The molecule has 1 saturated carbocycles. The van der Waals surface area contributed by atoms with E-state index in [0.717, 1.165) is 11.1 Å². The third-order valence-corrected chi connectivity index (χ3v) is 7.35. The highest BCUT2D eigenvalue weighted by molar-refractivity contribution is 7.89. The first-order chi connectivity index (χ1) is 12.0. The largest absolute Gasteiger partial charge is 0.396 e. The lowest BCUT2D eigenvalue weighted by Crippen LogP contribution is -2.32. The van der Waals surface area contributed by atoms with Crippen LogP contribution in [0.2, 0.25) is 0 Å². The molecule has 0 spiro atoms. The van der Waals surface area contributed by atoms with Crippen LogP contribution >= 0.6 is 0 Å². The molecule has 2 aliphatic rings. The Morgan fingerprint density at radius 3 is 2.44 bits per heavy atom. The lowest BCUT2D eigenvalue weighted by atomic mass is 9.90. The Morgan fingerprint density at radius 2 is 1.80 bits per heavy atom. The Bertz CT molecular complexity index is 906. The van der Waals surface area contributed by atoms with Crippen molar-refractivity contribution in [1.82, 2.24) is 4.31 Å². The van der Waals surface area contributed by atoms with Gasteiger partial charge in [0.15, 0.2) is 0 Å². The summed E-state index contributed by atoms with van der Waals surface area (Å²) in [6.45, 7) is 2.39. The highest BCUT2D eigenvalue weighted by atomic mass is 32.2. The van der Waals surface area contributed by atoms with Gasteiger partial charge in [0.25, 0.3) is 10.0 Å². The molecule has 2 aromatic rings. The second-order valence-corrected chi connectivity index (χ2v) is 8.79. The van der Waals surface area contributed by atoms with Crippen LogP contribution in [0.25, 0.3) is 0 Å². The van der Waals surface area contributed by atoms with Crippen molar-refractivity contribution in [2.45, 2.75) is 17.2 Å². The summed E-state index contributed by atoms with van der Waals surface area (Å²) in [4.78, 5) is 0.302. The number of aliphatic hydroxyl groups excluding tert-OH is 1. The Hall–Kier alpha value is -2.11. The molecule has 25 heavy (non-hydrogen) atoms. The Labute approximate surface area is 148 Å². The molecule has 1 N–H and O–H groups in total. The number of aliphatic hydroxyl groups is 1. The van der Waals surface area contributed by atoms with Gasteiger partial charge in [0.2, 0.25) is 0 Å². The van der Waals surface area contributed by atoms with Crippen LogP contribution in [-0.4, -0.2) is 31.0 Å². The maximum Gasteiger partial charge on any atom is 0.263 e. The van der Waals surface area contributed by atoms with Crippen LogP contribution in [0.1, 0.15) is 11.1 Å². The van der Waals surface area contributed by atoms with E-state index in [-0.39, 0.29) is 23.9 Å². The van der Waals surface area contributed by atoms with Crippen molar-refractivity contribution in [3.63, 3.8) is 0 Å². The molecule has 130 valence electrons. The summed E-state index contributed by atoms with van der Waals surface area (Å²) in [5.41, 5.74) is 1.93. The van der Waals surface area contributed by atoms with E-state index in [1.165, 1.54) is 4.31 Å². The number of hydrogen-bond donors (Lipinski definition) is 1. The Morgan fingerprint density at radius 1 is 1.12 bits per heavy atom. The molecule has 0 aromatic heterocycles. The number of aryl methyl sites for hydroxylation is 1. The molecule has 2 aromatic carbocycles. The molecule has 1 heterocycles. The van der Waals surface area contributed by atoms with E-state index in [1.807, 2.05) is 43.3 Å². The van der Waals surface area contributed by atoms with Crippen LogP contribution in [0, 0.1) is 18.8 Å². The lowest BCUT2D eigenvalue weighted by molar-refractivity contribution is 0.262. The number of sulfonamides is 1. The van der Waals surface area contributed by atoms with E-state index in [1.54, 1.807) is 18.3 Å². The molecule has 1 aliphatic heterocycles. The van der Waals surface area contributed by atoms with Gasteiger partial charge >= 0.3 is 0 Å². The highest BCUT2D eigenvalue weighted by Gasteiger charge is 2.65. The molecule has 5 heteroatoms. The number of hydrogen-bond acceptors (Lipinski definition) is 3. The average Bonchev–Trinajstić information content (AvgIpc) is 3.31. The van der Waals surface area contributed by atoms with Gasteiger partial charge in [-0.1, -0.05) is 54.1 Å². The zero-order valence-electron chi connectivity index (χ0n) is 14.0. The van der Waals surface area contributed by atoms with Gasteiger partial charge in [-0.2, -0.15) is 0 Å². The fourth-order valence-electron chi connectivity index (χ4n) is 4.10. The van der Waals surface area contributed by atoms with Crippen LogP contribution in [0.4, 0.5) is 0 Å². The van der Waals surface area contributed by atoms with Crippen molar-refractivity contribution < 1.29 is 13.5 Å². The first kappa shape index (κ1) is 16.4. The van der Waals surface area contributed by atoms with Crippen molar-refractivity contribution in [3.8, 4) is 0 Å². The first-order valence-electron chi connectivity index (χ1n) is 8.44. The smallest absolute Gasteiger partial charge is 0.263 e. The third kappa shape index (κ3) is 2.41. The van der Waals surface area contributed by atoms with E-state index in [0.29, 0.717) is 11.4 Å². The number of benzene rings is 2. The minimum Gasteiger partial charge on any atom is -0.396 e. The summed E-state index contributed by atoms with van der Waals surface area (Å²) in [5.74, 6) is 0.162. The van der Waals surface area contributed by atoms with Gasteiger partial charge in [0.05, 0.1) is 4.90 Å². The highest BCUT2D eigenvalue weighted by Crippen LogP contribution is 2.62. The van der Waals surface area contributed by atoms with Gasteiger partial charge < -0.3 is 5.11 Å². The molecular weight excluding hydrogens is 334 g/mol. The van der Waals surface area contributed by atoms with Crippen molar-refractivity contribution in [2.24, 2.45) is 11.8 Å². The molecule has 0 radical (unpaired) electrons. The van der Waals surface area contributed by atoms with Crippen LogP contribution in [-0.2, 0) is 15.4 Å². The molecule has 0 saturated heterocycles. The molecule has 4 nitrogen and oxygen atoms in total. The van der Waals surface area contributed by atoms with Gasteiger partial charge in [-0.3, -0.25) is 4.31 Å². The molecule has 1 aliphatic carbocycles. The predicted octanol–water partition coefficient (Wildman–Crippen LogP) is 2.69. The zero-order chi connectivity index (χ0) is 17.7. The van der Waals surface area contributed by atoms with Crippen molar-refractivity contribution in [3.05, 3.63) is 78.0 Å². The quantitative estimate of drug-likeness (QED) is 0.917. The number of allylic oxidation sites excluding steroid dienone is 1. The molecule has 1 fully saturated rings. The van der Waals surface area contributed by atoms with Crippen LogP contribution in [0.3, 0.4) is 0 Å². The normalized spacial score (nSPS) is 27.8. The molecule has 4 rings (SSSR count). The third-order valence-electron chi connectivity index (χ3n) is 5.59. The summed E-state index contributed by atoms with van der Waals surface area (Å²) >= 11 is 0. The van der Waals surface area contributed by atoms with E-state index in [9.17, 15) is 13.5 Å². The minimum atomic E-state index is -3.56. The lowest BCUT2D eigenvalue weighted by Gasteiger charge is -2.27. The fourth-order valence-corrected chi connectivity index (χ4v) is 5.43. The Balaban J connectivity index is 1.68. The van der Waals surface area contributed by atoms with Gasteiger partial charge in [-0.05, 0) is 30.5 Å². The predicted molar refractivity (Wildman–Crippen MR) is 96.4 cm³/mol. The SMILES string of the molecule is Cc1ccc(S(=O)(=O)N2C=CC3(c4ccccc4)C(CO)C3C2)cc1. The number of fused-ring (bicyclic) bond motifs is 1. The molecular formula is C20H21NO3S. The zero-order valence-corrected chi connectivity index (χ0v) is 14.9. The topological polar surface area (TPSA) is 57.6 Å². The van der Waals surface area contributed by atoms with E-state index < -0.39 is 10.0 Å². The molecule has 0 bridgehead atoms. The van der Waals surface area contributed by atoms with E-state index in [4.69, 9.17) is 0 Å². The van der Waals surface area contributed by atoms with Gasteiger partial charge in [0, 0.05) is 30.7 Å². The Kier molecular flexibility index (Phi) is 3.74. The van der Waals surface area contributed by atoms with E-state index >= 15 is 0 Å². The summed E-state index contributed by atoms with van der Waals surface area (Å²) in [6.07, 6.45) is 3.64.